The molecule has 0 saturated carbocycles. The van der Waals surface area contributed by atoms with Crippen molar-refractivity contribution in [2.24, 2.45) is 0 Å². The van der Waals surface area contributed by atoms with Crippen molar-refractivity contribution in [3.8, 4) is 0 Å². The second-order valence-corrected chi connectivity index (χ2v) is 10.7. The molecule has 35 heavy (non-hydrogen) atoms. The number of halogens is 2. The third-order valence-corrected chi connectivity index (χ3v) is 7.45. The lowest BCUT2D eigenvalue weighted by molar-refractivity contribution is -0.384. The molecule has 0 bridgehead atoms. The first-order valence-corrected chi connectivity index (χ1v) is 13.0. The Morgan fingerprint density at radius 2 is 1.89 bits per heavy atom. The van der Waals surface area contributed by atoms with E-state index >= 15 is 0 Å². The Labute approximate surface area is 223 Å². The summed E-state index contributed by atoms with van der Waals surface area (Å²) in [6.07, 6.45) is 3.93. The van der Waals surface area contributed by atoms with Gasteiger partial charge in [0.05, 0.1) is 15.1 Å². The van der Waals surface area contributed by atoms with Crippen LogP contribution >= 0.6 is 39.7 Å². The van der Waals surface area contributed by atoms with Crippen molar-refractivity contribution in [2.45, 2.75) is 25.7 Å². The zero-order valence-corrected chi connectivity index (χ0v) is 23.0. The summed E-state index contributed by atoms with van der Waals surface area (Å²) in [5.41, 5.74) is 1.69. The van der Waals surface area contributed by atoms with Crippen LogP contribution in [0, 0.1) is 10.1 Å². The third kappa shape index (κ3) is 6.49. The van der Waals surface area contributed by atoms with E-state index in [0.717, 1.165) is 60.0 Å². The van der Waals surface area contributed by atoms with Gasteiger partial charge in [0.15, 0.2) is 5.13 Å². The standard InChI is InChI=1S/C24H28BrN5O3S.ClH/c1-27(2)11-6-14-29(24-26-19-9-8-18(25)16-22(19)34-24)23(31)17-7-10-20(21(15-17)30(32)33)28-12-4-3-5-13-28;/h7-10,15-16H,3-6,11-14H2,1-2H3;1H. The molecule has 1 fully saturated rings. The summed E-state index contributed by atoms with van der Waals surface area (Å²) in [5.74, 6) is -0.273. The lowest BCUT2D eigenvalue weighted by atomic mass is 10.1. The number of anilines is 2. The monoisotopic (exact) mass is 581 g/mol. The number of piperidine rings is 1. The van der Waals surface area contributed by atoms with Crippen molar-refractivity contribution in [3.63, 3.8) is 0 Å². The SMILES string of the molecule is CN(C)CCCN(C(=O)c1ccc(N2CCCCC2)c([N+](=O)[O-])c1)c1nc2ccc(Br)cc2s1.Cl. The second kappa shape index (κ2) is 12.1. The van der Waals surface area contributed by atoms with Gasteiger partial charge in [-0.25, -0.2) is 4.98 Å². The van der Waals surface area contributed by atoms with Crippen molar-refractivity contribution in [2.75, 3.05) is 50.1 Å². The van der Waals surface area contributed by atoms with Crippen molar-refractivity contribution in [3.05, 3.63) is 56.5 Å². The van der Waals surface area contributed by atoms with E-state index in [-0.39, 0.29) is 28.9 Å². The van der Waals surface area contributed by atoms with Crippen LogP contribution in [-0.2, 0) is 0 Å². The fourth-order valence-electron chi connectivity index (χ4n) is 4.19. The molecular formula is C24H29BrClN5O3S. The Hall–Kier alpha value is -2.27. The summed E-state index contributed by atoms with van der Waals surface area (Å²) in [4.78, 5) is 35.7. The minimum atomic E-state index is -0.383. The van der Waals surface area contributed by atoms with Gasteiger partial charge in [-0.05, 0) is 76.7 Å². The highest BCUT2D eigenvalue weighted by atomic mass is 79.9. The Balaban J connectivity index is 0.00000342. The fraction of sp³-hybridized carbons (Fsp3) is 0.417. The predicted octanol–water partition coefficient (Wildman–Crippen LogP) is 5.98. The number of carbonyl (C=O) groups is 1. The van der Waals surface area contributed by atoms with Gasteiger partial charge in [0.1, 0.15) is 5.69 Å². The molecule has 1 aliphatic heterocycles. The molecule has 11 heteroatoms. The molecule has 188 valence electrons. The van der Waals surface area contributed by atoms with Crippen LogP contribution in [0.5, 0.6) is 0 Å². The lowest BCUT2D eigenvalue weighted by Crippen LogP contribution is -2.34. The molecule has 4 rings (SSSR count). The quantitative estimate of drug-likeness (QED) is 0.240. The van der Waals surface area contributed by atoms with Crippen LogP contribution in [0.1, 0.15) is 36.0 Å². The number of nitrogens with zero attached hydrogens (tertiary/aromatic N) is 5. The number of amides is 1. The van der Waals surface area contributed by atoms with Gasteiger partial charge in [-0.3, -0.25) is 19.8 Å². The van der Waals surface area contributed by atoms with Crippen molar-refractivity contribution in [1.82, 2.24) is 9.88 Å². The van der Waals surface area contributed by atoms with Crippen LogP contribution in [0.25, 0.3) is 10.2 Å². The van der Waals surface area contributed by atoms with Gasteiger partial charge in [0, 0.05) is 35.7 Å². The number of nitro groups is 1. The molecule has 8 nitrogen and oxygen atoms in total. The maximum absolute atomic E-state index is 13.7. The van der Waals surface area contributed by atoms with Crippen molar-refractivity contribution in [1.29, 1.82) is 0 Å². The summed E-state index contributed by atoms with van der Waals surface area (Å²) < 4.78 is 1.92. The summed E-state index contributed by atoms with van der Waals surface area (Å²) in [6, 6.07) is 10.7. The van der Waals surface area contributed by atoms with Crippen LogP contribution in [0.15, 0.2) is 40.9 Å². The first-order valence-electron chi connectivity index (χ1n) is 11.4. The molecule has 1 amide bonds. The minimum Gasteiger partial charge on any atom is -0.366 e. The molecule has 1 saturated heterocycles. The number of thiazole rings is 1. The Morgan fingerprint density at radius 3 is 2.57 bits per heavy atom. The fourth-order valence-corrected chi connectivity index (χ4v) is 5.73. The number of nitro benzene ring substituents is 1. The van der Waals surface area contributed by atoms with E-state index in [2.05, 4.69) is 25.7 Å². The number of rotatable bonds is 8. The van der Waals surface area contributed by atoms with Crippen LogP contribution in [0.3, 0.4) is 0 Å². The summed E-state index contributed by atoms with van der Waals surface area (Å²) >= 11 is 4.93. The molecule has 0 N–H and O–H groups in total. The van der Waals surface area contributed by atoms with Crippen LogP contribution in [0.2, 0.25) is 0 Å². The zero-order chi connectivity index (χ0) is 24.2. The molecule has 0 aliphatic carbocycles. The first-order chi connectivity index (χ1) is 16.3. The molecule has 2 heterocycles. The van der Waals surface area contributed by atoms with Gasteiger partial charge in [0.2, 0.25) is 0 Å². The zero-order valence-electron chi connectivity index (χ0n) is 19.8. The highest BCUT2D eigenvalue weighted by Crippen LogP contribution is 2.34. The smallest absolute Gasteiger partial charge is 0.293 e. The molecule has 0 unspecified atom stereocenters. The maximum atomic E-state index is 13.7. The van der Waals surface area contributed by atoms with Crippen molar-refractivity contribution >= 4 is 72.3 Å². The average Bonchev–Trinajstić information content (AvgIpc) is 3.24. The topological polar surface area (TPSA) is 82.8 Å². The third-order valence-electron chi connectivity index (χ3n) is 5.92. The van der Waals surface area contributed by atoms with E-state index in [1.165, 1.54) is 17.4 Å². The minimum absolute atomic E-state index is 0. The Kier molecular flexibility index (Phi) is 9.46. The van der Waals surface area contributed by atoms with Gasteiger partial charge >= 0.3 is 0 Å². The van der Waals surface area contributed by atoms with E-state index in [1.54, 1.807) is 17.0 Å². The number of carbonyl (C=O) groups excluding carboxylic acids is 1. The van der Waals surface area contributed by atoms with Gasteiger partial charge in [-0.15, -0.1) is 12.4 Å². The van der Waals surface area contributed by atoms with Crippen molar-refractivity contribution < 1.29 is 9.72 Å². The summed E-state index contributed by atoms with van der Waals surface area (Å²) in [7, 11) is 3.98. The van der Waals surface area contributed by atoms with E-state index in [1.807, 2.05) is 32.3 Å². The van der Waals surface area contributed by atoms with E-state index in [9.17, 15) is 14.9 Å². The largest absolute Gasteiger partial charge is 0.366 e. The van der Waals surface area contributed by atoms with Gasteiger partial charge in [-0.2, -0.15) is 0 Å². The summed E-state index contributed by atoms with van der Waals surface area (Å²) in [6.45, 7) is 2.88. The lowest BCUT2D eigenvalue weighted by Gasteiger charge is -2.28. The molecule has 0 atom stereocenters. The number of fused-ring (bicyclic) bond motifs is 1. The molecule has 3 aromatic rings. The first kappa shape index (κ1) is 27.3. The van der Waals surface area contributed by atoms with Crippen LogP contribution < -0.4 is 9.80 Å². The number of hydrogen-bond acceptors (Lipinski definition) is 7. The maximum Gasteiger partial charge on any atom is 0.293 e. The molecular weight excluding hydrogens is 554 g/mol. The average molecular weight is 583 g/mol. The second-order valence-electron chi connectivity index (χ2n) is 8.73. The van der Waals surface area contributed by atoms with E-state index in [0.29, 0.717) is 22.9 Å². The summed E-state index contributed by atoms with van der Waals surface area (Å²) in [5, 5.41) is 12.5. The van der Waals surface area contributed by atoms with Crippen LogP contribution in [0.4, 0.5) is 16.5 Å². The highest BCUT2D eigenvalue weighted by Gasteiger charge is 2.26. The Bertz CT molecular complexity index is 1200. The number of aromatic nitrogens is 1. The molecule has 1 aliphatic rings. The Morgan fingerprint density at radius 1 is 1.14 bits per heavy atom. The number of benzene rings is 2. The van der Waals surface area contributed by atoms with E-state index < -0.39 is 0 Å². The highest BCUT2D eigenvalue weighted by molar-refractivity contribution is 9.10. The van der Waals surface area contributed by atoms with Gasteiger partial charge in [0.25, 0.3) is 11.6 Å². The predicted molar refractivity (Wildman–Crippen MR) is 149 cm³/mol. The normalized spacial score (nSPS) is 13.7. The van der Waals surface area contributed by atoms with Crippen LogP contribution in [-0.4, -0.2) is 61.0 Å². The molecule has 0 radical (unpaired) electrons. The molecule has 2 aromatic carbocycles. The van der Waals surface area contributed by atoms with Gasteiger partial charge < -0.3 is 9.80 Å². The number of hydrogen-bond donors (Lipinski definition) is 0. The van der Waals surface area contributed by atoms with Gasteiger partial charge in [-0.1, -0.05) is 27.3 Å². The van der Waals surface area contributed by atoms with E-state index in [4.69, 9.17) is 4.98 Å². The molecule has 1 aromatic heterocycles. The molecule has 0 spiro atoms.